The molecule has 0 saturated carbocycles. The molecule has 11 heteroatoms. The molecule has 0 saturated heterocycles. The maximum Gasteiger partial charge on any atom is 0.390 e. The van der Waals surface area contributed by atoms with Gasteiger partial charge >= 0.3 is 6.18 Å². The number of pyridine rings is 1. The van der Waals surface area contributed by atoms with Crippen molar-refractivity contribution in [2.75, 3.05) is 12.3 Å². The lowest BCUT2D eigenvalue weighted by Gasteiger charge is -2.11. The zero-order chi connectivity index (χ0) is 18.9. The fourth-order valence-corrected chi connectivity index (χ4v) is 3.60. The molecule has 0 atom stereocenters. The third-order valence-corrected chi connectivity index (χ3v) is 5.21. The predicted molar refractivity (Wildman–Crippen MR) is 91.8 cm³/mol. The molecule has 0 unspecified atom stereocenters. The van der Waals surface area contributed by atoms with Gasteiger partial charge in [-0.15, -0.1) is 0 Å². The van der Waals surface area contributed by atoms with Crippen LogP contribution in [0.5, 0.6) is 0 Å². The fourth-order valence-electron chi connectivity index (χ4n) is 2.54. The molecule has 0 aromatic carbocycles. The Labute approximate surface area is 147 Å². The molecule has 0 fully saturated rings. The summed E-state index contributed by atoms with van der Waals surface area (Å²) in [6.07, 6.45) is -0.772. The number of nitrogens with one attached hydrogen (secondary N) is 2. The van der Waals surface area contributed by atoms with E-state index in [0.717, 1.165) is 10.9 Å². The number of hydrogen-bond donors (Lipinski definition) is 2. The Morgan fingerprint density at radius 3 is 2.85 bits per heavy atom. The van der Waals surface area contributed by atoms with E-state index in [2.05, 4.69) is 26.3 Å². The number of sulfonamides is 1. The molecule has 3 rings (SSSR count). The Balaban J connectivity index is 1.68. The highest BCUT2D eigenvalue weighted by atomic mass is 32.2. The van der Waals surface area contributed by atoms with Gasteiger partial charge < -0.3 is 9.55 Å². The molecular formula is C15H16F3N5O2S. The first-order valence-corrected chi connectivity index (χ1v) is 9.33. The minimum atomic E-state index is -4.51. The summed E-state index contributed by atoms with van der Waals surface area (Å²) in [5.74, 6) is -0.993. The Hall–Kier alpha value is -2.40. The smallest absolute Gasteiger partial charge is 0.346 e. The predicted octanol–water partition coefficient (Wildman–Crippen LogP) is 2.65. The maximum atomic E-state index is 12.1. The van der Waals surface area contributed by atoms with E-state index in [1.54, 1.807) is 23.3 Å². The van der Waals surface area contributed by atoms with Gasteiger partial charge in [0.1, 0.15) is 17.5 Å². The third kappa shape index (κ3) is 4.05. The number of halogens is 3. The maximum absolute atomic E-state index is 12.1. The van der Waals surface area contributed by atoms with Crippen LogP contribution in [0, 0.1) is 0 Å². The lowest BCUT2D eigenvalue weighted by molar-refractivity contribution is -0.129. The number of imidazole rings is 1. The van der Waals surface area contributed by atoms with E-state index in [1.165, 1.54) is 0 Å². The van der Waals surface area contributed by atoms with Crippen LogP contribution in [0.25, 0.3) is 27.8 Å². The average Bonchev–Trinajstić information content (AvgIpc) is 3.18. The minimum absolute atomic E-state index is 0.0555. The van der Waals surface area contributed by atoms with Crippen molar-refractivity contribution in [3.05, 3.63) is 31.4 Å². The van der Waals surface area contributed by atoms with E-state index in [-0.39, 0.29) is 13.0 Å². The van der Waals surface area contributed by atoms with Crippen LogP contribution in [0.3, 0.4) is 0 Å². The van der Waals surface area contributed by atoms with E-state index >= 15 is 0 Å². The first-order valence-electron chi connectivity index (χ1n) is 7.68. The van der Waals surface area contributed by atoms with Crippen LogP contribution in [0.1, 0.15) is 12.8 Å². The highest BCUT2D eigenvalue weighted by Crippen LogP contribution is 2.25. The van der Waals surface area contributed by atoms with Crippen molar-refractivity contribution in [3.63, 3.8) is 0 Å². The van der Waals surface area contributed by atoms with Gasteiger partial charge in [0.2, 0.25) is 10.0 Å². The summed E-state index contributed by atoms with van der Waals surface area (Å²) in [6.45, 7) is 3.87. The first kappa shape index (κ1) is 18.4. The lowest BCUT2D eigenvalue weighted by atomic mass is 10.2. The van der Waals surface area contributed by atoms with Crippen molar-refractivity contribution in [3.8, 4) is 0 Å². The number of aromatic amines is 1. The summed E-state index contributed by atoms with van der Waals surface area (Å²) >= 11 is 0. The van der Waals surface area contributed by atoms with E-state index in [4.69, 9.17) is 0 Å². The van der Waals surface area contributed by atoms with E-state index < -0.39 is 28.4 Å². The molecule has 0 aliphatic carbocycles. The van der Waals surface area contributed by atoms with Gasteiger partial charge in [-0.2, -0.15) is 13.2 Å². The van der Waals surface area contributed by atoms with Gasteiger partial charge in [0.25, 0.3) is 0 Å². The van der Waals surface area contributed by atoms with Crippen LogP contribution in [0.4, 0.5) is 13.2 Å². The monoisotopic (exact) mass is 387 g/mol. The number of alkyl halides is 3. The van der Waals surface area contributed by atoms with E-state index in [1.807, 2.05) is 6.07 Å². The summed E-state index contributed by atoms with van der Waals surface area (Å²) < 4.78 is 63.6. The zero-order valence-electron chi connectivity index (χ0n) is 13.5. The molecule has 0 bridgehead atoms. The number of rotatable bonds is 7. The van der Waals surface area contributed by atoms with Gasteiger partial charge in [-0.05, 0) is 6.07 Å². The number of H-pyrrole nitrogens is 1. The highest BCUT2D eigenvalue weighted by molar-refractivity contribution is 7.89. The van der Waals surface area contributed by atoms with Crippen LogP contribution in [0.2, 0.25) is 0 Å². The topological polar surface area (TPSA) is 92.7 Å². The average molecular weight is 387 g/mol. The van der Waals surface area contributed by atoms with Crippen molar-refractivity contribution in [1.82, 2.24) is 24.2 Å². The minimum Gasteiger partial charge on any atom is -0.346 e. The molecule has 0 aliphatic rings. The van der Waals surface area contributed by atoms with Crippen LogP contribution in [0.15, 0.2) is 31.4 Å². The third-order valence-electron chi connectivity index (χ3n) is 3.82. The van der Waals surface area contributed by atoms with Gasteiger partial charge in [0, 0.05) is 30.2 Å². The lowest BCUT2D eigenvalue weighted by Crippen LogP contribution is -2.29. The highest BCUT2D eigenvalue weighted by Gasteiger charge is 2.29. The molecule has 7 nitrogen and oxygen atoms in total. The van der Waals surface area contributed by atoms with Gasteiger partial charge in [-0.25, -0.2) is 23.1 Å². The molecule has 3 aromatic heterocycles. The van der Waals surface area contributed by atoms with Crippen molar-refractivity contribution < 1.29 is 21.6 Å². The van der Waals surface area contributed by atoms with E-state index in [0.29, 0.717) is 16.9 Å². The molecule has 3 aromatic rings. The van der Waals surface area contributed by atoms with Crippen molar-refractivity contribution in [2.24, 2.45) is 0 Å². The van der Waals surface area contributed by atoms with Crippen LogP contribution >= 0.6 is 0 Å². The molecule has 140 valence electrons. The van der Waals surface area contributed by atoms with Crippen molar-refractivity contribution >= 4 is 37.8 Å². The largest absolute Gasteiger partial charge is 0.390 e. The summed E-state index contributed by atoms with van der Waals surface area (Å²) in [7, 11) is -4.00. The molecule has 3 heterocycles. The summed E-state index contributed by atoms with van der Waals surface area (Å²) in [6, 6.07) is 1.84. The SMILES string of the molecule is C=C(CCNS(=O)(=O)CCC(F)(F)F)n1cnc2cnc3[nH]ccc3c21. The van der Waals surface area contributed by atoms with Gasteiger partial charge in [0.05, 0.1) is 23.9 Å². The Kier molecular flexibility index (Phi) is 4.76. The van der Waals surface area contributed by atoms with E-state index in [9.17, 15) is 21.6 Å². The molecule has 0 radical (unpaired) electrons. The molecule has 26 heavy (non-hydrogen) atoms. The number of fused-ring (bicyclic) bond motifs is 3. The second-order valence-corrected chi connectivity index (χ2v) is 7.67. The fraction of sp³-hybridized carbons (Fsp3) is 0.333. The number of nitrogens with zero attached hydrogens (tertiary/aromatic N) is 3. The van der Waals surface area contributed by atoms with Gasteiger partial charge in [-0.1, -0.05) is 6.58 Å². The molecule has 0 aliphatic heterocycles. The number of aromatic nitrogens is 4. The normalized spacial score (nSPS) is 12.9. The summed E-state index contributed by atoms with van der Waals surface area (Å²) in [5.41, 5.74) is 2.67. The molecule has 2 N–H and O–H groups in total. The standard InChI is InChI=1S/C15H16F3N5O2S/c1-10(2-6-22-26(24,25)7-4-15(16,17)18)23-9-21-12-8-20-14-11(13(12)23)3-5-19-14/h3,5,8-9,22H,1-2,4,6-7H2,(H,19,20). The van der Waals surface area contributed by atoms with Gasteiger partial charge in [0.15, 0.2) is 0 Å². The Morgan fingerprint density at radius 1 is 1.35 bits per heavy atom. The second-order valence-electron chi connectivity index (χ2n) is 5.74. The van der Waals surface area contributed by atoms with Crippen LogP contribution in [-0.4, -0.2) is 46.4 Å². The summed E-state index contributed by atoms with van der Waals surface area (Å²) in [5, 5.41) is 0.840. The Morgan fingerprint density at radius 2 is 2.12 bits per heavy atom. The number of hydrogen-bond acceptors (Lipinski definition) is 4. The zero-order valence-corrected chi connectivity index (χ0v) is 14.4. The van der Waals surface area contributed by atoms with Crippen LogP contribution < -0.4 is 4.72 Å². The molecule has 0 amide bonds. The quantitative estimate of drug-likeness (QED) is 0.652. The summed E-state index contributed by atoms with van der Waals surface area (Å²) in [4.78, 5) is 11.5. The van der Waals surface area contributed by atoms with Crippen molar-refractivity contribution in [1.29, 1.82) is 0 Å². The van der Waals surface area contributed by atoms with Crippen LogP contribution in [-0.2, 0) is 10.0 Å². The van der Waals surface area contributed by atoms with Crippen molar-refractivity contribution in [2.45, 2.75) is 19.0 Å². The molecule has 0 spiro atoms. The Bertz CT molecular complexity index is 1050. The first-order chi connectivity index (χ1) is 12.2. The van der Waals surface area contributed by atoms with Gasteiger partial charge in [-0.3, -0.25) is 0 Å². The molecular weight excluding hydrogens is 371 g/mol. The second kappa shape index (κ2) is 6.72.